The van der Waals surface area contributed by atoms with E-state index in [4.69, 9.17) is 24.3 Å². The molecule has 10 nitrogen and oxygen atoms in total. The van der Waals surface area contributed by atoms with Crippen LogP contribution in [0.2, 0.25) is 0 Å². The van der Waals surface area contributed by atoms with Gasteiger partial charge in [-0.3, -0.25) is 28.2 Å². The van der Waals surface area contributed by atoms with Crippen molar-refractivity contribution < 1.29 is 32.7 Å². The number of rotatable bonds is 19. The quantitative estimate of drug-likeness (QED) is 0.0402. The molecule has 0 fully saturated rings. The summed E-state index contributed by atoms with van der Waals surface area (Å²) in [6.45, 7) is 15.3. The van der Waals surface area contributed by atoms with Crippen LogP contribution in [0.3, 0.4) is 0 Å². The van der Waals surface area contributed by atoms with Gasteiger partial charge in [0.1, 0.15) is 5.84 Å². The molecule has 3 N–H and O–H groups in total. The number of aliphatic imine (C=N–C) groups is 1. The van der Waals surface area contributed by atoms with Gasteiger partial charge in [-0.25, -0.2) is 0 Å². The summed E-state index contributed by atoms with van der Waals surface area (Å²) in [5.41, 5.74) is 7.70. The minimum Gasteiger partial charge on any atom is -0.438 e. The first kappa shape index (κ1) is 39.5. The van der Waals surface area contributed by atoms with E-state index in [9.17, 15) is 14.2 Å². The van der Waals surface area contributed by atoms with E-state index in [1.54, 1.807) is 48.6 Å². The summed E-state index contributed by atoms with van der Waals surface area (Å²) in [4.78, 5) is 28.5. The number of esters is 2. The van der Waals surface area contributed by atoms with E-state index in [-0.39, 0.29) is 12.6 Å². The first-order chi connectivity index (χ1) is 20.5. The fraction of sp³-hybridized carbons (Fsp3) is 0.667. The minimum atomic E-state index is -3.90. The van der Waals surface area contributed by atoms with Crippen LogP contribution in [0.4, 0.5) is 0 Å². The van der Waals surface area contributed by atoms with Gasteiger partial charge in [-0.2, -0.15) is 0 Å². The molecule has 44 heavy (non-hydrogen) atoms. The van der Waals surface area contributed by atoms with Crippen LogP contribution in [0.1, 0.15) is 105 Å². The Morgan fingerprint density at radius 2 is 1.41 bits per heavy atom. The van der Waals surface area contributed by atoms with Crippen molar-refractivity contribution in [2.24, 2.45) is 21.6 Å². The highest BCUT2D eigenvalue weighted by Crippen LogP contribution is 2.49. The molecule has 0 amide bonds. The maximum Gasteiger partial charge on any atom is 0.336 e. The number of hydrogen-bond donors (Lipinski definition) is 2. The SMILES string of the molecule is C=C(NC(=NC)C(N)CCP(=O)(OCOC(=O)C(C)(C)C)OCOC(=O)C(C)(C)C)c1ccc(CCCCCCCC)cc1. The van der Waals surface area contributed by atoms with Crippen LogP contribution in [-0.2, 0) is 39.1 Å². The third-order valence-corrected chi connectivity index (χ3v) is 8.61. The second-order valence-electron chi connectivity index (χ2n) is 13.0. The van der Waals surface area contributed by atoms with Crippen molar-refractivity contribution in [3.8, 4) is 0 Å². The first-order valence-electron chi connectivity index (χ1n) is 15.5. The highest BCUT2D eigenvalue weighted by molar-refractivity contribution is 7.53. The average Bonchev–Trinajstić information content (AvgIpc) is 2.95. The molecule has 0 heterocycles. The summed E-state index contributed by atoms with van der Waals surface area (Å²) >= 11 is 0. The molecule has 1 unspecified atom stereocenters. The van der Waals surface area contributed by atoms with Crippen LogP contribution in [0.5, 0.6) is 0 Å². The van der Waals surface area contributed by atoms with Gasteiger partial charge in [-0.05, 0) is 71.9 Å². The number of nitrogens with one attached hydrogen (secondary N) is 1. The number of nitrogens with two attached hydrogens (primary N) is 1. The third kappa shape index (κ3) is 15.5. The normalized spacial score (nSPS) is 13.3. The number of amidine groups is 1. The van der Waals surface area contributed by atoms with Gasteiger partial charge in [0.2, 0.25) is 13.6 Å². The molecule has 1 atom stereocenters. The van der Waals surface area contributed by atoms with E-state index in [1.165, 1.54) is 44.1 Å². The monoisotopic (exact) mass is 637 g/mol. The fourth-order valence-corrected chi connectivity index (χ4v) is 5.23. The number of carbonyl (C=O) groups excluding carboxylic acids is 2. The Morgan fingerprint density at radius 3 is 1.89 bits per heavy atom. The molecule has 11 heteroatoms. The summed E-state index contributed by atoms with van der Waals surface area (Å²) in [5, 5.41) is 3.18. The summed E-state index contributed by atoms with van der Waals surface area (Å²) < 4.78 is 34.6. The number of nitrogens with zero attached hydrogens (tertiary/aromatic N) is 1. The molecule has 0 aliphatic rings. The van der Waals surface area contributed by atoms with Gasteiger partial charge in [0.15, 0.2) is 0 Å². The van der Waals surface area contributed by atoms with E-state index >= 15 is 0 Å². The zero-order valence-corrected chi connectivity index (χ0v) is 29.1. The second-order valence-corrected chi connectivity index (χ2v) is 15.2. The van der Waals surface area contributed by atoms with Gasteiger partial charge in [0, 0.05) is 12.7 Å². The first-order valence-corrected chi connectivity index (χ1v) is 17.2. The lowest BCUT2D eigenvalue weighted by Crippen LogP contribution is -2.40. The number of benzene rings is 1. The second kappa shape index (κ2) is 19.1. The van der Waals surface area contributed by atoms with E-state index in [1.807, 2.05) is 12.1 Å². The van der Waals surface area contributed by atoms with Gasteiger partial charge in [-0.15, -0.1) is 0 Å². The Kier molecular flexibility index (Phi) is 17.1. The number of carbonyl (C=O) groups is 2. The zero-order valence-electron chi connectivity index (χ0n) is 28.2. The van der Waals surface area contributed by atoms with Crippen molar-refractivity contribution in [1.82, 2.24) is 5.32 Å². The van der Waals surface area contributed by atoms with Crippen LogP contribution >= 0.6 is 7.60 Å². The minimum absolute atomic E-state index is 0.141. The molecule has 0 saturated carbocycles. The molecule has 0 aromatic heterocycles. The number of aryl methyl sites for hydroxylation is 1. The van der Waals surface area contributed by atoms with Crippen molar-refractivity contribution >= 4 is 31.1 Å². The maximum atomic E-state index is 13.5. The molecule has 1 rings (SSSR count). The Hall–Kier alpha value is -2.52. The summed E-state index contributed by atoms with van der Waals surface area (Å²) in [7, 11) is -2.29. The Bertz CT molecular complexity index is 1090. The molecule has 250 valence electrons. The predicted molar refractivity (Wildman–Crippen MR) is 177 cm³/mol. The molecular formula is C33H56N3O7P. The summed E-state index contributed by atoms with van der Waals surface area (Å²) in [6.07, 6.45) is 8.63. The van der Waals surface area contributed by atoms with Crippen LogP contribution in [0, 0.1) is 10.8 Å². The van der Waals surface area contributed by atoms with Crippen molar-refractivity contribution in [3.63, 3.8) is 0 Å². The largest absolute Gasteiger partial charge is 0.438 e. The molecule has 0 aliphatic carbocycles. The zero-order chi connectivity index (χ0) is 33.4. The van der Waals surface area contributed by atoms with Crippen molar-refractivity contribution in [2.45, 2.75) is 106 Å². The van der Waals surface area contributed by atoms with Crippen LogP contribution in [-0.4, -0.2) is 50.6 Å². The molecular weight excluding hydrogens is 581 g/mol. The maximum absolute atomic E-state index is 13.5. The van der Waals surface area contributed by atoms with Gasteiger partial charge in [0.05, 0.1) is 23.0 Å². The lowest BCUT2D eigenvalue weighted by Gasteiger charge is -2.23. The van der Waals surface area contributed by atoms with Crippen LogP contribution in [0.25, 0.3) is 5.70 Å². The summed E-state index contributed by atoms with van der Waals surface area (Å²) in [5.74, 6) is -0.618. The highest BCUT2D eigenvalue weighted by Gasteiger charge is 2.31. The number of hydrogen-bond acceptors (Lipinski definition) is 9. The fourth-order valence-electron chi connectivity index (χ4n) is 3.88. The van der Waals surface area contributed by atoms with Gasteiger partial charge < -0.3 is 20.5 Å². The molecule has 0 saturated heterocycles. The molecule has 0 spiro atoms. The Labute approximate surface area is 265 Å². The Balaban J connectivity index is 2.76. The van der Waals surface area contributed by atoms with Crippen molar-refractivity contribution in [1.29, 1.82) is 0 Å². The summed E-state index contributed by atoms with van der Waals surface area (Å²) in [6, 6.07) is 7.60. The van der Waals surface area contributed by atoms with Gasteiger partial charge in [0.25, 0.3) is 0 Å². The van der Waals surface area contributed by atoms with E-state index in [0.717, 1.165) is 12.0 Å². The standard InChI is InChI=1S/C33H56N3O7P/c1-10-11-12-13-14-15-16-26-17-19-27(20-18-26)25(2)36-29(35-9)28(34)21-22-44(39,42-23-40-30(37)32(3,4)5)43-24-41-31(38)33(6,7)8/h17-20,28H,2,10-16,21-24,34H2,1,3-9H3,(H,35,36). The average molecular weight is 638 g/mol. The Morgan fingerprint density at radius 1 is 0.909 bits per heavy atom. The number of ether oxygens (including phenoxy) is 2. The predicted octanol–water partition coefficient (Wildman–Crippen LogP) is 7.22. The van der Waals surface area contributed by atoms with Gasteiger partial charge >= 0.3 is 19.5 Å². The van der Waals surface area contributed by atoms with Crippen LogP contribution in [0.15, 0.2) is 35.8 Å². The number of unbranched alkanes of at least 4 members (excludes halogenated alkanes) is 5. The molecule has 1 aromatic carbocycles. The van der Waals surface area contributed by atoms with E-state index < -0.39 is 50.0 Å². The van der Waals surface area contributed by atoms with E-state index in [0.29, 0.717) is 11.5 Å². The highest BCUT2D eigenvalue weighted by atomic mass is 31.2. The molecule has 0 bridgehead atoms. The lowest BCUT2D eigenvalue weighted by atomic mass is 9.98. The van der Waals surface area contributed by atoms with Crippen molar-refractivity contribution in [3.05, 3.63) is 42.0 Å². The van der Waals surface area contributed by atoms with Crippen LogP contribution < -0.4 is 11.1 Å². The third-order valence-electron chi connectivity index (χ3n) is 6.81. The van der Waals surface area contributed by atoms with Crippen molar-refractivity contribution in [2.75, 3.05) is 26.8 Å². The van der Waals surface area contributed by atoms with E-state index in [2.05, 4.69) is 35.9 Å². The lowest BCUT2D eigenvalue weighted by molar-refractivity contribution is -0.162. The molecule has 0 radical (unpaired) electrons. The smallest absolute Gasteiger partial charge is 0.336 e. The molecule has 0 aliphatic heterocycles. The van der Waals surface area contributed by atoms with Gasteiger partial charge in [-0.1, -0.05) is 69.9 Å². The molecule has 1 aromatic rings. The topological polar surface area (TPSA) is 139 Å².